The Bertz CT molecular complexity index is 1110. The monoisotopic (exact) mass is 422 g/mol. The molecule has 31 heavy (non-hydrogen) atoms. The van der Waals surface area contributed by atoms with Crippen molar-refractivity contribution in [3.05, 3.63) is 65.7 Å². The normalized spacial score (nSPS) is 18.6. The minimum absolute atomic E-state index is 0.0551. The van der Waals surface area contributed by atoms with Gasteiger partial charge in [-0.2, -0.15) is 0 Å². The second-order valence-electron chi connectivity index (χ2n) is 7.65. The first kappa shape index (κ1) is 20.6. The molecule has 3 aromatic rings. The number of hydrogen-bond acceptors (Lipinski definition) is 7. The Morgan fingerprint density at radius 2 is 1.97 bits per heavy atom. The molecular weight excluding hydrogens is 399 g/mol. The van der Waals surface area contributed by atoms with Crippen LogP contribution in [0.25, 0.3) is 11.3 Å². The van der Waals surface area contributed by atoms with Crippen molar-refractivity contribution in [1.29, 1.82) is 0 Å². The van der Waals surface area contributed by atoms with Crippen molar-refractivity contribution < 1.29 is 19.0 Å². The fraction of sp³-hybridized carbons (Fsp3) is 0.261. The number of hydrogen-bond donors (Lipinski definition) is 2. The van der Waals surface area contributed by atoms with E-state index in [2.05, 4.69) is 10.2 Å². The van der Waals surface area contributed by atoms with Gasteiger partial charge in [0, 0.05) is 18.5 Å². The molecule has 1 aliphatic rings. The zero-order chi connectivity index (χ0) is 22.0. The molecule has 4 rings (SSSR count). The van der Waals surface area contributed by atoms with Crippen LogP contribution in [-0.4, -0.2) is 46.6 Å². The number of alkyl halides is 1. The quantitative estimate of drug-likeness (QED) is 0.621. The highest BCUT2D eigenvalue weighted by Crippen LogP contribution is 2.33. The van der Waals surface area contributed by atoms with Crippen molar-refractivity contribution in [3.8, 4) is 17.0 Å². The first-order valence-electron chi connectivity index (χ1n) is 9.99. The van der Waals surface area contributed by atoms with E-state index in [9.17, 15) is 14.3 Å². The van der Waals surface area contributed by atoms with Gasteiger partial charge in [-0.05, 0) is 37.3 Å². The van der Waals surface area contributed by atoms with E-state index in [1.54, 1.807) is 53.4 Å². The highest BCUT2D eigenvalue weighted by atomic mass is 19.1. The van der Waals surface area contributed by atoms with Crippen LogP contribution in [0.3, 0.4) is 0 Å². The third-order valence-electron chi connectivity index (χ3n) is 5.21. The number of phenols is 1. The summed E-state index contributed by atoms with van der Waals surface area (Å²) in [5, 5.41) is 18.2. The molecule has 7 nitrogen and oxygen atoms in total. The number of ether oxygens (including phenoxy) is 1. The lowest BCUT2D eigenvalue weighted by atomic mass is 10.0. The van der Waals surface area contributed by atoms with Gasteiger partial charge in [-0.3, -0.25) is 0 Å². The Balaban J connectivity index is 1.56. The molecule has 0 aliphatic carbocycles. The van der Waals surface area contributed by atoms with Gasteiger partial charge in [0.2, 0.25) is 0 Å². The van der Waals surface area contributed by atoms with Crippen LogP contribution in [0.1, 0.15) is 22.3 Å². The number of aromatic nitrogens is 2. The number of aromatic hydroxyl groups is 1. The lowest BCUT2D eigenvalue weighted by Crippen LogP contribution is -2.46. The van der Waals surface area contributed by atoms with Gasteiger partial charge in [-0.1, -0.05) is 29.8 Å². The van der Waals surface area contributed by atoms with Gasteiger partial charge in [0.05, 0.1) is 23.5 Å². The fourth-order valence-corrected chi connectivity index (χ4v) is 3.73. The summed E-state index contributed by atoms with van der Waals surface area (Å²) in [6, 6.07) is 15.5. The summed E-state index contributed by atoms with van der Waals surface area (Å²) in [7, 11) is 0. The molecule has 8 heteroatoms. The number of benzene rings is 2. The number of carbonyl (C=O) groups is 1. The van der Waals surface area contributed by atoms with Crippen molar-refractivity contribution in [3.63, 3.8) is 0 Å². The second-order valence-corrected chi connectivity index (χ2v) is 7.65. The molecule has 2 aromatic carbocycles. The Kier molecular flexibility index (Phi) is 5.70. The van der Waals surface area contributed by atoms with Gasteiger partial charge in [-0.25, -0.2) is 9.18 Å². The summed E-state index contributed by atoms with van der Waals surface area (Å²) >= 11 is 0. The van der Waals surface area contributed by atoms with E-state index in [-0.39, 0.29) is 31.1 Å². The molecule has 0 amide bonds. The van der Waals surface area contributed by atoms with E-state index < -0.39 is 18.2 Å². The van der Waals surface area contributed by atoms with E-state index in [1.807, 2.05) is 13.0 Å². The summed E-state index contributed by atoms with van der Waals surface area (Å²) in [5.74, 6) is -0.296. The highest BCUT2D eigenvalue weighted by Gasteiger charge is 2.31. The molecule has 0 saturated carbocycles. The topological polar surface area (TPSA) is 102 Å². The maximum Gasteiger partial charge on any atom is 0.338 e. The fourth-order valence-electron chi connectivity index (χ4n) is 3.73. The summed E-state index contributed by atoms with van der Waals surface area (Å²) in [6.07, 6.45) is -1.73. The van der Waals surface area contributed by atoms with E-state index in [4.69, 9.17) is 10.5 Å². The Labute approximate surface area is 179 Å². The molecule has 1 aliphatic heterocycles. The number of halogens is 1. The highest BCUT2D eigenvalue weighted by molar-refractivity contribution is 5.89. The second kappa shape index (κ2) is 8.59. The number of nitrogen functional groups attached to an aromatic ring is 1. The number of aryl methyl sites for hydroxylation is 1. The molecule has 2 atom stereocenters. The van der Waals surface area contributed by atoms with Crippen LogP contribution in [0.4, 0.5) is 15.9 Å². The predicted octanol–water partition coefficient (Wildman–Crippen LogP) is 3.51. The first-order chi connectivity index (χ1) is 14.9. The zero-order valence-corrected chi connectivity index (χ0v) is 17.0. The molecule has 0 radical (unpaired) electrons. The van der Waals surface area contributed by atoms with Gasteiger partial charge < -0.3 is 20.5 Å². The van der Waals surface area contributed by atoms with Crippen molar-refractivity contribution >= 4 is 17.5 Å². The van der Waals surface area contributed by atoms with Gasteiger partial charge in [0.15, 0.2) is 5.82 Å². The summed E-state index contributed by atoms with van der Waals surface area (Å²) in [5.41, 5.74) is 8.78. The number of carbonyl (C=O) groups excluding carboxylic acids is 1. The Hall–Kier alpha value is -3.68. The van der Waals surface area contributed by atoms with Crippen LogP contribution in [-0.2, 0) is 4.74 Å². The van der Waals surface area contributed by atoms with E-state index in [0.29, 0.717) is 22.5 Å². The van der Waals surface area contributed by atoms with Crippen LogP contribution in [0.2, 0.25) is 0 Å². The maximum atomic E-state index is 14.6. The Morgan fingerprint density at radius 1 is 1.16 bits per heavy atom. The lowest BCUT2D eigenvalue weighted by molar-refractivity contribution is 0.0194. The summed E-state index contributed by atoms with van der Waals surface area (Å²) in [4.78, 5) is 14.2. The first-order valence-corrected chi connectivity index (χ1v) is 9.99. The number of para-hydroxylation sites is 1. The van der Waals surface area contributed by atoms with E-state index in [1.165, 1.54) is 0 Å². The van der Waals surface area contributed by atoms with Gasteiger partial charge >= 0.3 is 5.97 Å². The molecule has 160 valence electrons. The number of anilines is 2. The average molecular weight is 422 g/mol. The van der Waals surface area contributed by atoms with Gasteiger partial charge in [0.1, 0.15) is 18.0 Å². The minimum atomic E-state index is -1.20. The zero-order valence-electron chi connectivity index (χ0n) is 17.0. The largest absolute Gasteiger partial charge is 0.507 e. The molecule has 1 saturated heterocycles. The van der Waals surface area contributed by atoms with Gasteiger partial charge in [0.25, 0.3) is 0 Å². The smallest absolute Gasteiger partial charge is 0.338 e. The number of phenolic OH excluding ortho intramolecular Hbond substituents is 1. The van der Waals surface area contributed by atoms with Gasteiger partial charge in [-0.15, -0.1) is 10.2 Å². The third kappa shape index (κ3) is 4.58. The molecule has 2 heterocycles. The van der Waals surface area contributed by atoms with Crippen LogP contribution < -0.4 is 10.6 Å². The number of esters is 1. The standard InChI is InChI=1S/C23H23FN4O3/c1-14-5-4-6-15(9-14)23(30)31-17-10-16(24)12-28(13-17)20-11-19(26-27-22(20)25)18-7-2-3-8-21(18)29/h2-9,11,16-17,29H,10,12-13H2,1H3,(H2,25,27). The SMILES string of the molecule is Cc1cccc(C(=O)OC2CC(F)CN(c3cc(-c4ccccc4O)nnc3N)C2)c1. The van der Waals surface area contributed by atoms with Crippen molar-refractivity contribution in [2.24, 2.45) is 0 Å². The van der Waals surface area contributed by atoms with Crippen LogP contribution >= 0.6 is 0 Å². The molecule has 1 aromatic heterocycles. The molecule has 0 spiro atoms. The third-order valence-corrected chi connectivity index (χ3v) is 5.21. The Morgan fingerprint density at radius 3 is 2.74 bits per heavy atom. The molecule has 1 fully saturated rings. The molecule has 2 unspecified atom stereocenters. The average Bonchev–Trinajstić information content (AvgIpc) is 2.74. The summed E-state index contributed by atoms with van der Waals surface area (Å²) in [6.45, 7) is 2.25. The number of rotatable bonds is 4. The number of piperidine rings is 1. The number of nitrogens with two attached hydrogens (primary N) is 1. The molecular formula is C23H23FN4O3. The van der Waals surface area contributed by atoms with Crippen molar-refractivity contribution in [1.82, 2.24) is 10.2 Å². The van der Waals surface area contributed by atoms with Crippen LogP contribution in [0.5, 0.6) is 5.75 Å². The maximum absolute atomic E-state index is 14.6. The summed E-state index contributed by atoms with van der Waals surface area (Å²) < 4.78 is 20.1. The number of nitrogens with zero attached hydrogens (tertiary/aromatic N) is 3. The predicted molar refractivity (Wildman–Crippen MR) is 116 cm³/mol. The van der Waals surface area contributed by atoms with Crippen LogP contribution in [0.15, 0.2) is 54.6 Å². The van der Waals surface area contributed by atoms with E-state index in [0.717, 1.165) is 5.56 Å². The van der Waals surface area contributed by atoms with Crippen molar-refractivity contribution in [2.75, 3.05) is 23.7 Å². The molecule has 0 bridgehead atoms. The molecule has 3 N–H and O–H groups in total. The minimum Gasteiger partial charge on any atom is -0.507 e. The van der Waals surface area contributed by atoms with Crippen LogP contribution in [0, 0.1) is 6.92 Å². The van der Waals surface area contributed by atoms with E-state index >= 15 is 0 Å². The van der Waals surface area contributed by atoms with Crippen molar-refractivity contribution in [2.45, 2.75) is 25.6 Å². The lowest BCUT2D eigenvalue weighted by Gasteiger charge is -2.36.